The zero-order valence-corrected chi connectivity index (χ0v) is 20.7. The fourth-order valence-electron chi connectivity index (χ4n) is 4.39. The summed E-state index contributed by atoms with van der Waals surface area (Å²) in [6, 6.07) is 9.28. The molecule has 1 aromatic carbocycles. The van der Waals surface area contributed by atoms with Gasteiger partial charge in [-0.3, -0.25) is 9.59 Å². The maximum Gasteiger partial charge on any atom is 0.254 e. The van der Waals surface area contributed by atoms with Crippen LogP contribution in [0, 0.1) is 12.8 Å². The van der Waals surface area contributed by atoms with Crippen molar-refractivity contribution in [3.05, 3.63) is 52.9 Å². The topological polar surface area (TPSA) is 97.6 Å². The first-order chi connectivity index (χ1) is 16.4. The molecule has 0 aliphatic carbocycles. The summed E-state index contributed by atoms with van der Waals surface area (Å²) in [5, 5.41) is 6.86. The van der Waals surface area contributed by atoms with Gasteiger partial charge in [-0.2, -0.15) is 0 Å². The molecule has 1 fully saturated rings. The molecule has 1 aliphatic rings. The first-order valence-corrected chi connectivity index (χ1v) is 12.3. The van der Waals surface area contributed by atoms with Crippen LogP contribution in [0.2, 0.25) is 0 Å². The molecule has 34 heavy (non-hydrogen) atoms. The third-order valence-electron chi connectivity index (χ3n) is 6.22. The summed E-state index contributed by atoms with van der Waals surface area (Å²) < 4.78 is 10.5. The van der Waals surface area contributed by atoms with E-state index in [9.17, 15) is 9.59 Å². The SMILES string of the molecule is COc1cc(C(C(=O)N2CCC[C@H]2C(=O)NCc2ccc(-c3scnc3C)cc2)C(C)C)on1. The van der Waals surface area contributed by atoms with Crippen LogP contribution in [0.4, 0.5) is 0 Å². The van der Waals surface area contributed by atoms with Gasteiger partial charge in [0.1, 0.15) is 12.0 Å². The van der Waals surface area contributed by atoms with E-state index in [-0.39, 0.29) is 17.7 Å². The third-order valence-corrected chi connectivity index (χ3v) is 7.20. The van der Waals surface area contributed by atoms with Crippen LogP contribution in [-0.4, -0.2) is 46.6 Å². The van der Waals surface area contributed by atoms with E-state index in [1.54, 1.807) is 22.3 Å². The van der Waals surface area contributed by atoms with Gasteiger partial charge >= 0.3 is 0 Å². The molecule has 180 valence electrons. The molecule has 1 aliphatic heterocycles. The molecule has 1 unspecified atom stereocenters. The smallest absolute Gasteiger partial charge is 0.254 e. The Morgan fingerprint density at radius 3 is 2.68 bits per heavy atom. The number of likely N-dealkylation sites (tertiary alicyclic amines) is 1. The van der Waals surface area contributed by atoms with Crippen LogP contribution in [0.1, 0.15) is 49.6 Å². The summed E-state index contributed by atoms with van der Waals surface area (Å²) >= 11 is 1.62. The molecule has 3 aromatic rings. The van der Waals surface area contributed by atoms with Crippen molar-refractivity contribution in [2.45, 2.75) is 52.1 Å². The number of amides is 2. The molecular weight excluding hydrogens is 452 g/mol. The van der Waals surface area contributed by atoms with E-state index in [4.69, 9.17) is 9.26 Å². The van der Waals surface area contributed by atoms with Crippen LogP contribution in [0.25, 0.3) is 10.4 Å². The molecule has 1 saturated heterocycles. The van der Waals surface area contributed by atoms with Crippen molar-refractivity contribution >= 4 is 23.2 Å². The highest BCUT2D eigenvalue weighted by Crippen LogP contribution is 2.32. The summed E-state index contributed by atoms with van der Waals surface area (Å²) in [7, 11) is 1.50. The summed E-state index contributed by atoms with van der Waals surface area (Å²) in [5.41, 5.74) is 4.98. The number of carbonyl (C=O) groups excluding carboxylic acids is 2. The molecule has 3 heterocycles. The number of hydrogen-bond donors (Lipinski definition) is 1. The maximum absolute atomic E-state index is 13.5. The lowest BCUT2D eigenvalue weighted by molar-refractivity contribution is -0.140. The fraction of sp³-hybridized carbons (Fsp3) is 0.440. The molecule has 9 heteroatoms. The van der Waals surface area contributed by atoms with Crippen molar-refractivity contribution < 1.29 is 18.8 Å². The molecule has 2 atom stereocenters. The lowest BCUT2D eigenvalue weighted by Gasteiger charge is -2.28. The van der Waals surface area contributed by atoms with Crippen LogP contribution < -0.4 is 10.1 Å². The first kappa shape index (κ1) is 23.9. The van der Waals surface area contributed by atoms with E-state index in [0.717, 1.165) is 28.1 Å². The normalized spacial score (nSPS) is 16.6. The Bertz CT molecular complexity index is 1140. The Labute approximate surface area is 203 Å². The molecule has 0 radical (unpaired) electrons. The minimum absolute atomic E-state index is 0.0184. The van der Waals surface area contributed by atoms with Crippen molar-refractivity contribution in [1.29, 1.82) is 0 Å². The monoisotopic (exact) mass is 482 g/mol. The van der Waals surface area contributed by atoms with Gasteiger partial charge in [0.15, 0.2) is 5.76 Å². The lowest BCUT2D eigenvalue weighted by Crippen LogP contribution is -2.47. The zero-order chi connectivity index (χ0) is 24.2. The Morgan fingerprint density at radius 1 is 1.29 bits per heavy atom. The highest BCUT2D eigenvalue weighted by Gasteiger charge is 2.40. The van der Waals surface area contributed by atoms with E-state index >= 15 is 0 Å². The Kier molecular flexibility index (Phi) is 7.31. The summed E-state index contributed by atoms with van der Waals surface area (Å²) in [4.78, 5) is 33.6. The van der Waals surface area contributed by atoms with Crippen molar-refractivity contribution in [1.82, 2.24) is 20.4 Å². The van der Waals surface area contributed by atoms with Gasteiger partial charge in [0, 0.05) is 19.2 Å². The Morgan fingerprint density at radius 2 is 2.06 bits per heavy atom. The summed E-state index contributed by atoms with van der Waals surface area (Å²) in [6.07, 6.45) is 1.43. The number of aryl methyl sites for hydroxylation is 1. The van der Waals surface area contributed by atoms with Gasteiger partial charge in [-0.15, -0.1) is 11.3 Å². The van der Waals surface area contributed by atoms with Gasteiger partial charge in [-0.25, -0.2) is 4.98 Å². The van der Waals surface area contributed by atoms with Gasteiger partial charge in [0.25, 0.3) is 5.88 Å². The molecule has 2 aromatic heterocycles. The molecule has 1 N–H and O–H groups in total. The van der Waals surface area contributed by atoms with E-state index < -0.39 is 12.0 Å². The quantitative estimate of drug-likeness (QED) is 0.518. The number of rotatable bonds is 8. The number of nitrogens with zero attached hydrogens (tertiary/aromatic N) is 3. The van der Waals surface area contributed by atoms with Crippen molar-refractivity contribution in [2.75, 3.05) is 13.7 Å². The predicted molar refractivity (Wildman–Crippen MR) is 130 cm³/mol. The number of thiazole rings is 1. The van der Waals surface area contributed by atoms with Gasteiger partial charge in [0.2, 0.25) is 11.8 Å². The predicted octanol–water partition coefficient (Wildman–Crippen LogP) is 4.16. The molecular formula is C25H30N4O4S. The number of carbonyl (C=O) groups is 2. The van der Waals surface area contributed by atoms with E-state index in [1.165, 1.54) is 7.11 Å². The number of ether oxygens (including phenoxy) is 1. The van der Waals surface area contributed by atoms with Crippen molar-refractivity contribution in [3.8, 4) is 16.3 Å². The number of aromatic nitrogens is 2. The lowest BCUT2D eigenvalue weighted by atomic mass is 9.91. The number of methoxy groups -OCH3 is 1. The third kappa shape index (κ3) is 4.99. The van der Waals surface area contributed by atoms with Crippen molar-refractivity contribution in [2.24, 2.45) is 5.92 Å². The number of benzene rings is 1. The second kappa shape index (κ2) is 10.4. The maximum atomic E-state index is 13.5. The van der Waals surface area contributed by atoms with Gasteiger partial charge in [0.05, 0.1) is 23.2 Å². The van der Waals surface area contributed by atoms with Crippen LogP contribution in [0.3, 0.4) is 0 Å². The standard InChI is InChI=1S/C25H30N4O4S/c1-15(2)22(20-12-21(32-4)28-33-20)25(31)29-11-5-6-19(29)24(30)26-13-17-7-9-18(10-8-17)23-16(3)27-14-34-23/h7-10,12,14-15,19,22H,5-6,11,13H2,1-4H3,(H,26,30)/t19-,22?/m0/s1. The van der Waals surface area contributed by atoms with Gasteiger partial charge < -0.3 is 19.5 Å². The van der Waals surface area contributed by atoms with E-state index in [1.807, 2.05) is 50.5 Å². The Balaban J connectivity index is 1.40. The average molecular weight is 483 g/mol. The minimum atomic E-state index is -0.521. The second-order valence-corrected chi connectivity index (χ2v) is 9.72. The molecule has 4 rings (SSSR count). The molecule has 0 spiro atoms. The largest absolute Gasteiger partial charge is 0.479 e. The van der Waals surface area contributed by atoms with Crippen LogP contribution >= 0.6 is 11.3 Å². The average Bonchev–Trinajstić information content (AvgIpc) is 3.58. The van der Waals surface area contributed by atoms with Gasteiger partial charge in [-0.05, 0) is 42.0 Å². The van der Waals surface area contributed by atoms with Crippen LogP contribution in [-0.2, 0) is 16.1 Å². The molecule has 2 amide bonds. The number of nitrogens with one attached hydrogen (secondary N) is 1. The van der Waals surface area contributed by atoms with E-state index in [2.05, 4.69) is 15.5 Å². The molecule has 8 nitrogen and oxygen atoms in total. The second-order valence-electron chi connectivity index (χ2n) is 8.86. The molecule has 0 bridgehead atoms. The Hall–Kier alpha value is -3.20. The highest BCUT2D eigenvalue weighted by molar-refractivity contribution is 7.13. The zero-order valence-electron chi connectivity index (χ0n) is 19.9. The molecule has 0 saturated carbocycles. The summed E-state index contributed by atoms with van der Waals surface area (Å²) in [5.74, 6) is 0.00388. The minimum Gasteiger partial charge on any atom is -0.479 e. The van der Waals surface area contributed by atoms with E-state index in [0.29, 0.717) is 31.2 Å². The highest BCUT2D eigenvalue weighted by atomic mass is 32.1. The van der Waals surface area contributed by atoms with Gasteiger partial charge in [-0.1, -0.05) is 38.1 Å². The fourth-order valence-corrected chi connectivity index (χ4v) is 5.20. The van der Waals surface area contributed by atoms with Crippen LogP contribution in [0.5, 0.6) is 5.88 Å². The summed E-state index contributed by atoms with van der Waals surface area (Å²) in [6.45, 7) is 6.87. The number of hydrogen-bond acceptors (Lipinski definition) is 7. The van der Waals surface area contributed by atoms with Crippen molar-refractivity contribution in [3.63, 3.8) is 0 Å². The first-order valence-electron chi connectivity index (χ1n) is 11.5. The van der Waals surface area contributed by atoms with Crippen LogP contribution in [0.15, 0.2) is 40.4 Å².